The highest BCUT2D eigenvalue weighted by Gasteiger charge is 2.48. The van der Waals surface area contributed by atoms with E-state index in [4.69, 9.17) is 4.74 Å². The van der Waals surface area contributed by atoms with Crippen molar-refractivity contribution in [1.82, 2.24) is 9.80 Å². The van der Waals surface area contributed by atoms with Gasteiger partial charge in [0.25, 0.3) is 5.91 Å². The Balaban J connectivity index is 1.78. The van der Waals surface area contributed by atoms with E-state index in [1.54, 1.807) is 11.3 Å². The van der Waals surface area contributed by atoms with Crippen LogP contribution < -0.4 is 0 Å². The molecule has 5 heteroatoms. The fourth-order valence-electron chi connectivity index (χ4n) is 3.78. The third kappa shape index (κ3) is 3.00. The number of ether oxygens (including phenoxy) is 1. The van der Waals surface area contributed by atoms with Crippen molar-refractivity contribution >= 4 is 17.2 Å². The van der Waals surface area contributed by atoms with Crippen molar-refractivity contribution in [2.24, 2.45) is 11.3 Å². The van der Waals surface area contributed by atoms with Crippen LogP contribution in [0.1, 0.15) is 22.5 Å². The Hall–Kier alpha value is -0.910. The van der Waals surface area contributed by atoms with Crippen LogP contribution in [-0.2, 0) is 4.74 Å². The van der Waals surface area contributed by atoms with Gasteiger partial charge in [-0.2, -0.15) is 0 Å². The molecule has 0 bridgehead atoms. The smallest absolute Gasteiger partial charge is 0.263 e. The molecule has 3 rings (SSSR count). The second-order valence-corrected chi connectivity index (χ2v) is 7.54. The minimum atomic E-state index is 0.206. The van der Waals surface area contributed by atoms with Gasteiger partial charge in [0.15, 0.2) is 0 Å². The summed E-state index contributed by atoms with van der Waals surface area (Å²) in [5.74, 6) is 0.762. The molecule has 2 aliphatic rings. The average Bonchev–Trinajstić information content (AvgIpc) is 3.09. The van der Waals surface area contributed by atoms with Crippen LogP contribution in [0.2, 0.25) is 0 Å². The van der Waals surface area contributed by atoms with Gasteiger partial charge in [-0.15, -0.1) is 11.3 Å². The number of carbonyl (C=O) groups is 1. The molecule has 1 spiro atoms. The Bertz CT molecular complexity index is 480. The Kier molecular flexibility index (Phi) is 4.33. The fraction of sp³-hybridized carbons (Fsp3) is 0.688. The molecule has 1 amide bonds. The first-order valence-corrected chi connectivity index (χ1v) is 8.54. The van der Waals surface area contributed by atoms with E-state index < -0.39 is 0 Å². The van der Waals surface area contributed by atoms with Gasteiger partial charge in [-0.25, -0.2) is 0 Å². The molecule has 0 radical (unpaired) electrons. The molecule has 2 aliphatic heterocycles. The van der Waals surface area contributed by atoms with E-state index in [-0.39, 0.29) is 11.3 Å². The van der Waals surface area contributed by atoms with Crippen LogP contribution in [-0.4, -0.2) is 62.7 Å². The molecule has 1 aromatic heterocycles. The molecule has 0 N–H and O–H groups in total. The van der Waals surface area contributed by atoms with Gasteiger partial charge in [-0.1, -0.05) is 6.07 Å². The monoisotopic (exact) mass is 308 g/mol. The van der Waals surface area contributed by atoms with Crippen molar-refractivity contribution in [3.63, 3.8) is 0 Å². The highest BCUT2D eigenvalue weighted by molar-refractivity contribution is 7.12. The van der Waals surface area contributed by atoms with Gasteiger partial charge >= 0.3 is 0 Å². The summed E-state index contributed by atoms with van der Waals surface area (Å²) in [6.07, 6.45) is 2.17. The van der Waals surface area contributed by atoms with E-state index in [9.17, 15) is 4.79 Å². The number of carbonyl (C=O) groups excluding carboxylic acids is 1. The Morgan fingerprint density at radius 3 is 2.86 bits per heavy atom. The zero-order chi connectivity index (χ0) is 14.9. The van der Waals surface area contributed by atoms with Crippen molar-refractivity contribution in [2.75, 3.05) is 46.9 Å². The minimum absolute atomic E-state index is 0.206. The summed E-state index contributed by atoms with van der Waals surface area (Å²) in [6, 6.07) is 3.89. The van der Waals surface area contributed by atoms with Gasteiger partial charge < -0.3 is 14.5 Å². The van der Waals surface area contributed by atoms with E-state index >= 15 is 0 Å². The lowest BCUT2D eigenvalue weighted by Gasteiger charge is -2.38. The second kappa shape index (κ2) is 6.07. The number of rotatable bonds is 3. The Morgan fingerprint density at radius 1 is 1.48 bits per heavy atom. The molecule has 1 atom stereocenters. The summed E-state index contributed by atoms with van der Waals surface area (Å²) in [4.78, 5) is 17.8. The molecular formula is C16H24N2O2S. The molecule has 0 saturated carbocycles. The van der Waals surface area contributed by atoms with Crippen LogP contribution in [0, 0.1) is 11.3 Å². The van der Waals surface area contributed by atoms with E-state index in [2.05, 4.69) is 23.9 Å². The summed E-state index contributed by atoms with van der Waals surface area (Å²) in [7, 11) is 4.24. The Labute approximate surface area is 130 Å². The first kappa shape index (κ1) is 15.0. The Morgan fingerprint density at radius 2 is 2.24 bits per heavy atom. The van der Waals surface area contributed by atoms with Gasteiger partial charge in [-0.3, -0.25) is 4.79 Å². The molecule has 0 aromatic carbocycles. The average molecular weight is 308 g/mol. The second-order valence-electron chi connectivity index (χ2n) is 6.60. The molecule has 0 aliphatic carbocycles. The molecular weight excluding hydrogens is 284 g/mol. The van der Waals surface area contributed by atoms with Gasteiger partial charge in [0, 0.05) is 32.8 Å². The molecule has 116 valence electrons. The molecule has 21 heavy (non-hydrogen) atoms. The summed E-state index contributed by atoms with van der Waals surface area (Å²) in [5.41, 5.74) is 0.259. The highest BCUT2D eigenvalue weighted by atomic mass is 32.1. The van der Waals surface area contributed by atoms with Crippen LogP contribution in [0.25, 0.3) is 0 Å². The van der Waals surface area contributed by atoms with Gasteiger partial charge in [0.05, 0.1) is 4.88 Å². The zero-order valence-electron chi connectivity index (χ0n) is 12.9. The number of amides is 1. The first-order valence-electron chi connectivity index (χ1n) is 7.66. The van der Waals surface area contributed by atoms with Crippen LogP contribution >= 0.6 is 11.3 Å². The highest BCUT2D eigenvalue weighted by Crippen LogP contribution is 2.44. The lowest BCUT2D eigenvalue weighted by atomic mass is 9.72. The molecule has 1 aromatic rings. The van der Waals surface area contributed by atoms with Crippen molar-refractivity contribution < 1.29 is 9.53 Å². The fourth-order valence-corrected chi connectivity index (χ4v) is 4.47. The summed E-state index contributed by atoms with van der Waals surface area (Å²) >= 11 is 1.54. The lowest BCUT2D eigenvalue weighted by Crippen LogP contribution is -2.40. The predicted molar refractivity (Wildman–Crippen MR) is 84.8 cm³/mol. The van der Waals surface area contributed by atoms with Crippen LogP contribution in [0.5, 0.6) is 0 Å². The van der Waals surface area contributed by atoms with E-state index in [0.717, 1.165) is 50.6 Å². The maximum Gasteiger partial charge on any atom is 0.263 e. The summed E-state index contributed by atoms with van der Waals surface area (Å²) in [5, 5.41) is 1.98. The maximum absolute atomic E-state index is 12.7. The first-order chi connectivity index (χ1) is 10.1. The van der Waals surface area contributed by atoms with Crippen molar-refractivity contribution in [2.45, 2.75) is 12.8 Å². The van der Waals surface area contributed by atoms with E-state index in [1.807, 2.05) is 17.5 Å². The standard InChI is InChI=1S/C16H24N2O2S/c1-17(2)10-13-11-18(15(19)14-4-3-9-21-14)12-16(13)5-7-20-8-6-16/h3-4,9,13H,5-8,10-12H2,1-2H3/t13-/m0/s1. The topological polar surface area (TPSA) is 32.8 Å². The number of thiophene rings is 1. The largest absolute Gasteiger partial charge is 0.381 e. The van der Waals surface area contributed by atoms with Gasteiger partial charge in [-0.05, 0) is 49.7 Å². The van der Waals surface area contributed by atoms with Crippen LogP contribution in [0.3, 0.4) is 0 Å². The lowest BCUT2D eigenvalue weighted by molar-refractivity contribution is -0.00450. The quantitative estimate of drug-likeness (QED) is 0.858. The van der Waals surface area contributed by atoms with Crippen LogP contribution in [0.4, 0.5) is 0 Å². The number of hydrogen-bond donors (Lipinski definition) is 0. The SMILES string of the molecule is CN(C)C[C@H]1CN(C(=O)c2cccs2)CC12CCOCC2. The predicted octanol–water partition coefficient (Wildman–Crippen LogP) is 2.18. The summed E-state index contributed by atoms with van der Waals surface area (Å²) < 4.78 is 5.56. The number of nitrogens with zero attached hydrogens (tertiary/aromatic N) is 2. The normalized spacial score (nSPS) is 24.9. The van der Waals surface area contributed by atoms with E-state index in [0.29, 0.717) is 5.92 Å². The molecule has 2 saturated heterocycles. The number of hydrogen-bond acceptors (Lipinski definition) is 4. The van der Waals surface area contributed by atoms with Crippen molar-refractivity contribution in [1.29, 1.82) is 0 Å². The van der Waals surface area contributed by atoms with Crippen molar-refractivity contribution in [3.05, 3.63) is 22.4 Å². The molecule has 4 nitrogen and oxygen atoms in total. The zero-order valence-corrected chi connectivity index (χ0v) is 13.7. The number of likely N-dealkylation sites (tertiary alicyclic amines) is 1. The third-order valence-electron chi connectivity index (χ3n) is 4.91. The minimum Gasteiger partial charge on any atom is -0.381 e. The maximum atomic E-state index is 12.7. The van der Waals surface area contributed by atoms with E-state index in [1.165, 1.54) is 0 Å². The molecule has 3 heterocycles. The molecule has 2 fully saturated rings. The third-order valence-corrected chi connectivity index (χ3v) is 5.76. The molecule has 0 unspecified atom stereocenters. The van der Waals surface area contributed by atoms with Gasteiger partial charge in [0.1, 0.15) is 0 Å². The summed E-state index contributed by atoms with van der Waals surface area (Å²) in [6.45, 7) is 4.50. The van der Waals surface area contributed by atoms with Crippen molar-refractivity contribution in [3.8, 4) is 0 Å². The van der Waals surface area contributed by atoms with Gasteiger partial charge in [0.2, 0.25) is 0 Å². The van der Waals surface area contributed by atoms with Crippen LogP contribution in [0.15, 0.2) is 17.5 Å².